The standard InChI is InChI=1S/C15H18N2S/c1-2-3-4-5-10-6-7-12-11(8-10)9-13-14(12)17-15(16)18-13/h6-8H,2-5,9H2,1H3,(H2,16,17). The Labute approximate surface area is 112 Å². The van der Waals surface area contributed by atoms with Crippen LogP contribution in [-0.2, 0) is 12.8 Å². The van der Waals surface area contributed by atoms with Crippen molar-refractivity contribution in [3.05, 3.63) is 34.2 Å². The third kappa shape index (κ3) is 2.03. The lowest BCUT2D eigenvalue weighted by atomic mass is 10.0. The van der Waals surface area contributed by atoms with Crippen molar-refractivity contribution in [2.24, 2.45) is 0 Å². The minimum Gasteiger partial charge on any atom is -0.375 e. The molecule has 0 radical (unpaired) electrons. The number of aromatic nitrogens is 1. The Morgan fingerprint density at radius 1 is 1.33 bits per heavy atom. The molecule has 3 rings (SSSR count). The highest BCUT2D eigenvalue weighted by Gasteiger charge is 2.22. The molecule has 0 spiro atoms. The fraction of sp³-hybridized carbons (Fsp3) is 0.400. The molecule has 94 valence electrons. The van der Waals surface area contributed by atoms with E-state index < -0.39 is 0 Å². The van der Waals surface area contributed by atoms with Crippen molar-refractivity contribution in [1.29, 1.82) is 0 Å². The highest BCUT2D eigenvalue weighted by Crippen LogP contribution is 2.40. The molecule has 0 fully saturated rings. The molecule has 3 heteroatoms. The van der Waals surface area contributed by atoms with Gasteiger partial charge in [-0.3, -0.25) is 0 Å². The topological polar surface area (TPSA) is 38.9 Å². The van der Waals surface area contributed by atoms with Gasteiger partial charge in [0.1, 0.15) is 0 Å². The van der Waals surface area contributed by atoms with Crippen LogP contribution in [0, 0.1) is 0 Å². The number of thiazole rings is 1. The quantitative estimate of drug-likeness (QED) is 0.718. The van der Waals surface area contributed by atoms with Crippen LogP contribution in [0.25, 0.3) is 11.3 Å². The molecule has 1 aromatic carbocycles. The first-order valence-electron chi connectivity index (χ1n) is 6.65. The van der Waals surface area contributed by atoms with Crippen LogP contribution in [0.15, 0.2) is 18.2 Å². The monoisotopic (exact) mass is 258 g/mol. The number of nitrogens with two attached hydrogens (primary N) is 1. The van der Waals surface area contributed by atoms with E-state index in [0.717, 1.165) is 12.1 Å². The summed E-state index contributed by atoms with van der Waals surface area (Å²) in [5.74, 6) is 0. The summed E-state index contributed by atoms with van der Waals surface area (Å²) < 4.78 is 0. The number of aryl methyl sites for hydroxylation is 1. The summed E-state index contributed by atoms with van der Waals surface area (Å²) in [5, 5.41) is 0.692. The van der Waals surface area contributed by atoms with Crippen molar-refractivity contribution < 1.29 is 0 Å². The Kier molecular flexibility index (Phi) is 3.08. The Morgan fingerprint density at radius 3 is 3.06 bits per heavy atom. The molecule has 1 aliphatic carbocycles. The van der Waals surface area contributed by atoms with Gasteiger partial charge in [-0.15, -0.1) is 11.3 Å². The molecule has 2 N–H and O–H groups in total. The van der Waals surface area contributed by atoms with Crippen LogP contribution < -0.4 is 5.73 Å². The molecule has 0 aliphatic heterocycles. The first-order valence-corrected chi connectivity index (χ1v) is 7.47. The minimum atomic E-state index is 0.692. The van der Waals surface area contributed by atoms with Crippen LogP contribution in [0.5, 0.6) is 0 Å². The second-order valence-corrected chi connectivity index (χ2v) is 6.06. The number of rotatable bonds is 4. The van der Waals surface area contributed by atoms with Gasteiger partial charge in [0.25, 0.3) is 0 Å². The summed E-state index contributed by atoms with van der Waals surface area (Å²) in [5.41, 5.74) is 11.1. The Hall–Kier alpha value is -1.35. The van der Waals surface area contributed by atoms with Crippen molar-refractivity contribution in [1.82, 2.24) is 4.98 Å². The van der Waals surface area contributed by atoms with Crippen LogP contribution in [0.2, 0.25) is 0 Å². The van der Waals surface area contributed by atoms with Gasteiger partial charge in [-0.25, -0.2) is 4.98 Å². The van der Waals surface area contributed by atoms with E-state index in [0.29, 0.717) is 5.13 Å². The molecule has 0 bridgehead atoms. The van der Waals surface area contributed by atoms with E-state index >= 15 is 0 Å². The van der Waals surface area contributed by atoms with Gasteiger partial charge in [0, 0.05) is 16.9 Å². The summed E-state index contributed by atoms with van der Waals surface area (Å²) in [6.07, 6.45) is 6.11. The summed E-state index contributed by atoms with van der Waals surface area (Å²) in [6.45, 7) is 2.25. The molecule has 2 aromatic rings. The molecule has 0 atom stereocenters. The van der Waals surface area contributed by atoms with Crippen LogP contribution >= 0.6 is 11.3 Å². The average Bonchev–Trinajstić information content (AvgIpc) is 2.84. The highest BCUT2D eigenvalue weighted by atomic mass is 32.1. The number of hydrogen-bond donors (Lipinski definition) is 1. The minimum absolute atomic E-state index is 0.692. The molecule has 18 heavy (non-hydrogen) atoms. The smallest absolute Gasteiger partial charge is 0.180 e. The molecule has 0 amide bonds. The van der Waals surface area contributed by atoms with Crippen molar-refractivity contribution in [3.63, 3.8) is 0 Å². The lowest BCUT2D eigenvalue weighted by Gasteiger charge is -2.04. The van der Waals surface area contributed by atoms with Gasteiger partial charge in [0.2, 0.25) is 0 Å². The Bertz CT molecular complexity index is 572. The molecule has 1 heterocycles. The second-order valence-electron chi connectivity index (χ2n) is 4.95. The largest absolute Gasteiger partial charge is 0.375 e. The fourth-order valence-electron chi connectivity index (χ4n) is 2.63. The Balaban J connectivity index is 1.83. The van der Waals surface area contributed by atoms with Gasteiger partial charge in [-0.1, -0.05) is 38.0 Å². The number of anilines is 1. The number of nitrogens with zero attached hydrogens (tertiary/aromatic N) is 1. The third-order valence-electron chi connectivity index (χ3n) is 3.56. The first kappa shape index (κ1) is 11.7. The van der Waals surface area contributed by atoms with Crippen molar-refractivity contribution in [2.45, 2.75) is 39.0 Å². The van der Waals surface area contributed by atoms with Gasteiger partial charge < -0.3 is 5.73 Å². The summed E-state index contributed by atoms with van der Waals surface area (Å²) in [7, 11) is 0. The molecule has 2 nitrogen and oxygen atoms in total. The van der Waals surface area contributed by atoms with E-state index in [2.05, 4.69) is 30.1 Å². The van der Waals surface area contributed by atoms with E-state index in [9.17, 15) is 0 Å². The predicted octanol–water partition coefficient (Wildman–Crippen LogP) is 4.03. The van der Waals surface area contributed by atoms with Gasteiger partial charge >= 0.3 is 0 Å². The number of unbranched alkanes of at least 4 members (excludes halogenated alkanes) is 2. The van der Waals surface area contributed by atoms with E-state index in [1.165, 1.54) is 47.3 Å². The highest BCUT2D eigenvalue weighted by molar-refractivity contribution is 7.15. The van der Waals surface area contributed by atoms with Gasteiger partial charge in [0.15, 0.2) is 5.13 Å². The van der Waals surface area contributed by atoms with E-state index in [4.69, 9.17) is 5.73 Å². The molecule has 0 saturated carbocycles. The van der Waals surface area contributed by atoms with Gasteiger partial charge in [0.05, 0.1) is 5.69 Å². The van der Waals surface area contributed by atoms with Crippen molar-refractivity contribution in [2.75, 3.05) is 5.73 Å². The summed E-state index contributed by atoms with van der Waals surface area (Å²) in [6, 6.07) is 6.83. The number of benzene rings is 1. The predicted molar refractivity (Wildman–Crippen MR) is 78.0 cm³/mol. The zero-order chi connectivity index (χ0) is 12.5. The van der Waals surface area contributed by atoms with Crippen molar-refractivity contribution in [3.8, 4) is 11.3 Å². The van der Waals surface area contributed by atoms with E-state index in [1.807, 2.05) is 0 Å². The van der Waals surface area contributed by atoms with E-state index in [1.54, 1.807) is 11.3 Å². The molecular weight excluding hydrogens is 240 g/mol. The first-order chi connectivity index (χ1) is 8.78. The average molecular weight is 258 g/mol. The molecular formula is C15H18N2S. The zero-order valence-corrected chi connectivity index (χ0v) is 11.5. The number of nitrogen functional groups attached to an aromatic ring is 1. The normalized spacial score (nSPS) is 12.5. The maximum Gasteiger partial charge on any atom is 0.180 e. The van der Waals surface area contributed by atoms with Gasteiger partial charge in [-0.2, -0.15) is 0 Å². The summed E-state index contributed by atoms with van der Waals surface area (Å²) in [4.78, 5) is 5.76. The summed E-state index contributed by atoms with van der Waals surface area (Å²) >= 11 is 1.63. The van der Waals surface area contributed by atoms with Gasteiger partial charge in [-0.05, 0) is 24.0 Å². The lowest BCUT2D eigenvalue weighted by Crippen LogP contribution is -1.90. The third-order valence-corrected chi connectivity index (χ3v) is 4.44. The zero-order valence-electron chi connectivity index (χ0n) is 10.7. The van der Waals surface area contributed by atoms with Crippen LogP contribution in [0.1, 0.15) is 42.2 Å². The second kappa shape index (κ2) is 4.73. The van der Waals surface area contributed by atoms with Crippen LogP contribution in [-0.4, -0.2) is 4.98 Å². The number of fused-ring (bicyclic) bond motifs is 3. The van der Waals surface area contributed by atoms with Crippen LogP contribution in [0.4, 0.5) is 5.13 Å². The molecule has 0 unspecified atom stereocenters. The number of hydrogen-bond acceptors (Lipinski definition) is 3. The van der Waals surface area contributed by atoms with E-state index in [-0.39, 0.29) is 0 Å². The lowest BCUT2D eigenvalue weighted by molar-refractivity contribution is 0.717. The SMILES string of the molecule is CCCCCc1ccc2c(c1)Cc1sc(N)nc1-2. The fourth-order valence-corrected chi connectivity index (χ4v) is 3.50. The molecule has 1 aromatic heterocycles. The Morgan fingerprint density at radius 2 is 2.22 bits per heavy atom. The molecule has 0 saturated heterocycles. The van der Waals surface area contributed by atoms with Crippen LogP contribution in [0.3, 0.4) is 0 Å². The van der Waals surface area contributed by atoms with Crippen molar-refractivity contribution >= 4 is 16.5 Å². The molecule has 1 aliphatic rings. The maximum atomic E-state index is 5.76. The maximum absolute atomic E-state index is 5.76.